The van der Waals surface area contributed by atoms with Crippen LogP contribution in [0, 0.1) is 0 Å². The van der Waals surface area contributed by atoms with E-state index in [-0.39, 0.29) is 0 Å². The fraction of sp³-hybridized carbons (Fsp3) is 0.462. The van der Waals surface area contributed by atoms with Crippen LogP contribution in [0.25, 0.3) is 0 Å². The molecule has 0 spiro atoms. The van der Waals surface area contributed by atoms with Crippen molar-refractivity contribution in [3.8, 4) is 0 Å². The van der Waals surface area contributed by atoms with E-state index in [2.05, 4.69) is 61.9 Å². The van der Waals surface area contributed by atoms with Crippen LogP contribution >= 0.6 is 27.7 Å². The Morgan fingerprint density at radius 2 is 2.30 bits per heavy atom. The number of hydrogen-bond donors (Lipinski definition) is 1. The van der Waals surface area contributed by atoms with Crippen molar-refractivity contribution in [2.75, 3.05) is 6.54 Å². The summed E-state index contributed by atoms with van der Waals surface area (Å²) in [6, 6.07) is 6.89. The summed E-state index contributed by atoms with van der Waals surface area (Å²) in [7, 11) is 0. The van der Waals surface area contributed by atoms with Crippen LogP contribution in [0.5, 0.6) is 0 Å². The molecule has 0 bridgehead atoms. The fourth-order valence-corrected chi connectivity index (χ4v) is 3.45. The first-order chi connectivity index (χ1) is 9.78. The van der Waals surface area contributed by atoms with Crippen molar-refractivity contribution in [2.45, 2.75) is 42.4 Å². The third-order valence-electron chi connectivity index (χ3n) is 3.15. The first-order valence-corrected chi connectivity index (χ1v) is 8.33. The van der Waals surface area contributed by atoms with Crippen LogP contribution < -0.4 is 5.32 Å². The predicted molar refractivity (Wildman–Crippen MR) is 81.7 cm³/mol. The quantitative estimate of drug-likeness (QED) is 0.864. The van der Waals surface area contributed by atoms with E-state index in [0.29, 0.717) is 6.04 Å². The standard InChI is InChI=1S/C13H16BrN5S/c1-2-15-8-9-3-6-11(7-12(9)14)20-13-16-17-18-19(13)10-4-5-10/h3,6-7,10,15H,2,4-5,8H2,1H3. The maximum Gasteiger partial charge on any atom is 0.214 e. The average Bonchev–Trinajstić information content (AvgIpc) is 3.19. The summed E-state index contributed by atoms with van der Waals surface area (Å²) in [6.45, 7) is 3.96. The number of benzene rings is 1. The van der Waals surface area contributed by atoms with E-state index in [1.807, 2.05) is 4.68 Å². The summed E-state index contributed by atoms with van der Waals surface area (Å²) >= 11 is 5.24. The van der Waals surface area contributed by atoms with Gasteiger partial charge in [0.15, 0.2) is 0 Å². The zero-order chi connectivity index (χ0) is 13.9. The molecule has 1 N–H and O–H groups in total. The van der Waals surface area contributed by atoms with Crippen LogP contribution in [0.1, 0.15) is 31.4 Å². The van der Waals surface area contributed by atoms with Gasteiger partial charge in [-0.3, -0.25) is 0 Å². The number of rotatable bonds is 6. The van der Waals surface area contributed by atoms with Crippen LogP contribution in [-0.2, 0) is 6.54 Å². The molecule has 1 saturated carbocycles. The van der Waals surface area contributed by atoms with E-state index in [1.54, 1.807) is 11.8 Å². The second-order valence-corrected chi connectivity index (χ2v) is 6.67. The van der Waals surface area contributed by atoms with Crippen LogP contribution in [0.3, 0.4) is 0 Å². The molecule has 3 rings (SSSR count). The Labute approximate surface area is 130 Å². The van der Waals surface area contributed by atoms with Crippen LogP contribution in [-0.4, -0.2) is 26.8 Å². The first kappa shape index (κ1) is 14.0. The zero-order valence-electron chi connectivity index (χ0n) is 11.2. The lowest BCUT2D eigenvalue weighted by Crippen LogP contribution is -2.12. The molecule has 1 aliphatic rings. The van der Waals surface area contributed by atoms with Crippen molar-refractivity contribution in [2.24, 2.45) is 0 Å². The minimum absolute atomic E-state index is 0.504. The Morgan fingerprint density at radius 3 is 3.00 bits per heavy atom. The molecule has 1 fully saturated rings. The van der Waals surface area contributed by atoms with Crippen molar-refractivity contribution in [1.29, 1.82) is 0 Å². The van der Waals surface area contributed by atoms with Crippen LogP contribution in [0.15, 0.2) is 32.7 Å². The molecule has 106 valence electrons. The van der Waals surface area contributed by atoms with Gasteiger partial charge in [-0.2, -0.15) is 0 Å². The van der Waals surface area contributed by atoms with Crippen LogP contribution in [0.4, 0.5) is 0 Å². The van der Waals surface area contributed by atoms with E-state index >= 15 is 0 Å². The van der Waals surface area contributed by atoms with Crippen LogP contribution in [0.2, 0.25) is 0 Å². The maximum absolute atomic E-state index is 4.11. The number of tetrazole rings is 1. The van der Waals surface area contributed by atoms with E-state index in [9.17, 15) is 0 Å². The predicted octanol–water partition coefficient (Wildman–Crippen LogP) is 3.03. The van der Waals surface area contributed by atoms with Gasteiger partial charge < -0.3 is 5.32 Å². The van der Waals surface area contributed by atoms with E-state index in [1.165, 1.54) is 18.4 Å². The second-order valence-electron chi connectivity index (χ2n) is 4.77. The fourth-order valence-electron chi connectivity index (χ4n) is 1.90. The zero-order valence-corrected chi connectivity index (χ0v) is 13.6. The molecule has 0 unspecified atom stereocenters. The smallest absolute Gasteiger partial charge is 0.214 e. The van der Waals surface area contributed by atoms with Crippen molar-refractivity contribution in [3.05, 3.63) is 28.2 Å². The average molecular weight is 354 g/mol. The Kier molecular flexibility index (Phi) is 4.38. The highest BCUT2D eigenvalue weighted by molar-refractivity contribution is 9.10. The van der Waals surface area contributed by atoms with Gasteiger partial charge in [-0.15, -0.1) is 5.10 Å². The molecular formula is C13H16BrN5S. The topological polar surface area (TPSA) is 55.6 Å². The monoisotopic (exact) mass is 353 g/mol. The van der Waals surface area contributed by atoms with Gasteiger partial charge in [0.25, 0.3) is 0 Å². The molecular weight excluding hydrogens is 338 g/mol. The molecule has 0 aliphatic heterocycles. The van der Waals surface area contributed by atoms with Crippen molar-refractivity contribution < 1.29 is 0 Å². The van der Waals surface area contributed by atoms with Crippen molar-refractivity contribution in [3.63, 3.8) is 0 Å². The lowest BCUT2D eigenvalue weighted by molar-refractivity contribution is 0.565. The molecule has 0 radical (unpaired) electrons. The number of nitrogens with one attached hydrogen (secondary N) is 1. The molecule has 0 amide bonds. The van der Waals surface area contributed by atoms with Gasteiger partial charge in [0.1, 0.15) is 0 Å². The number of nitrogens with zero attached hydrogens (tertiary/aromatic N) is 4. The van der Waals surface area contributed by atoms with E-state index < -0.39 is 0 Å². The molecule has 0 saturated heterocycles. The van der Waals surface area contributed by atoms with Crippen molar-refractivity contribution >= 4 is 27.7 Å². The van der Waals surface area contributed by atoms with Gasteiger partial charge in [-0.1, -0.05) is 28.9 Å². The summed E-state index contributed by atoms with van der Waals surface area (Å²) in [5.41, 5.74) is 1.26. The highest BCUT2D eigenvalue weighted by Crippen LogP contribution is 2.38. The molecule has 1 aromatic heterocycles. The number of aromatic nitrogens is 4. The lowest BCUT2D eigenvalue weighted by Gasteiger charge is -2.07. The number of hydrogen-bond acceptors (Lipinski definition) is 5. The summed E-state index contributed by atoms with van der Waals surface area (Å²) < 4.78 is 3.05. The lowest BCUT2D eigenvalue weighted by atomic mass is 10.2. The van der Waals surface area contributed by atoms with Gasteiger partial charge in [0, 0.05) is 15.9 Å². The van der Waals surface area contributed by atoms with Gasteiger partial charge in [-0.05, 0) is 59.3 Å². The van der Waals surface area contributed by atoms with Gasteiger partial charge >= 0.3 is 0 Å². The van der Waals surface area contributed by atoms with Gasteiger partial charge in [0.2, 0.25) is 5.16 Å². The molecule has 1 aliphatic carbocycles. The van der Waals surface area contributed by atoms with Gasteiger partial charge in [0.05, 0.1) is 6.04 Å². The maximum atomic E-state index is 4.11. The summed E-state index contributed by atoms with van der Waals surface area (Å²) in [4.78, 5) is 1.15. The third-order valence-corrected chi connectivity index (χ3v) is 4.83. The molecule has 5 nitrogen and oxygen atoms in total. The SMILES string of the molecule is CCNCc1ccc(Sc2nnnn2C2CC2)cc1Br. The highest BCUT2D eigenvalue weighted by atomic mass is 79.9. The Balaban J connectivity index is 1.74. The largest absolute Gasteiger partial charge is 0.313 e. The van der Waals surface area contributed by atoms with Crippen molar-refractivity contribution in [1.82, 2.24) is 25.5 Å². The molecule has 1 heterocycles. The van der Waals surface area contributed by atoms with E-state index in [4.69, 9.17) is 0 Å². The van der Waals surface area contributed by atoms with E-state index in [0.717, 1.165) is 27.6 Å². The molecule has 2 aromatic rings. The summed E-state index contributed by atoms with van der Waals surface area (Å²) in [5, 5.41) is 16.2. The minimum atomic E-state index is 0.504. The summed E-state index contributed by atoms with van der Waals surface area (Å²) in [6.07, 6.45) is 2.37. The first-order valence-electron chi connectivity index (χ1n) is 6.72. The summed E-state index contributed by atoms with van der Waals surface area (Å²) in [5.74, 6) is 0. The molecule has 1 aromatic carbocycles. The third kappa shape index (κ3) is 3.21. The Hall–Kier alpha value is -0.920. The van der Waals surface area contributed by atoms with Gasteiger partial charge in [-0.25, -0.2) is 4.68 Å². The molecule has 20 heavy (non-hydrogen) atoms. The Morgan fingerprint density at radius 1 is 1.45 bits per heavy atom. The second kappa shape index (κ2) is 6.24. The minimum Gasteiger partial charge on any atom is -0.313 e. The normalized spacial score (nSPS) is 14.7. The Bertz CT molecular complexity index is 596. The molecule has 0 atom stereocenters. The number of halogens is 1. The highest BCUT2D eigenvalue weighted by Gasteiger charge is 2.28. The molecule has 7 heteroatoms.